The smallest absolute Gasteiger partial charge is 0.307 e. The van der Waals surface area contributed by atoms with Crippen molar-refractivity contribution in [2.45, 2.75) is 0 Å². The van der Waals surface area contributed by atoms with E-state index in [0.717, 1.165) is 6.08 Å². The summed E-state index contributed by atoms with van der Waals surface area (Å²) in [7, 11) is 0. The second-order valence-electron chi connectivity index (χ2n) is 5.36. The van der Waals surface area contributed by atoms with Gasteiger partial charge in [-0.1, -0.05) is 12.1 Å². The lowest BCUT2D eigenvalue weighted by Gasteiger charge is -2.08. The quantitative estimate of drug-likeness (QED) is 0.300. The Balaban J connectivity index is 1.98. The lowest BCUT2D eigenvalue weighted by Crippen LogP contribution is -2.44. The average molecular weight is 396 g/mol. The SMILES string of the molecule is N#C/C(=C\c1cccc([N+](=O)[O-])c1)C(=O)NNC(=O)Nc1ccc([N+](=O)[O-])cc1. The summed E-state index contributed by atoms with van der Waals surface area (Å²) in [6.07, 6.45) is 1.12. The van der Waals surface area contributed by atoms with Crippen LogP contribution in [0, 0.1) is 31.6 Å². The highest BCUT2D eigenvalue weighted by Crippen LogP contribution is 2.16. The number of non-ortho nitro benzene ring substituents is 2. The Kier molecular flexibility index (Phi) is 6.53. The highest BCUT2D eigenvalue weighted by atomic mass is 16.6. The second kappa shape index (κ2) is 9.24. The molecule has 2 aromatic rings. The molecule has 3 N–H and O–H groups in total. The molecule has 12 heteroatoms. The molecule has 0 aliphatic heterocycles. The molecule has 12 nitrogen and oxygen atoms in total. The number of nitrogens with one attached hydrogen (secondary N) is 3. The van der Waals surface area contributed by atoms with E-state index in [0.29, 0.717) is 0 Å². The Hall–Kier alpha value is -4.79. The van der Waals surface area contributed by atoms with E-state index >= 15 is 0 Å². The lowest BCUT2D eigenvalue weighted by molar-refractivity contribution is -0.385. The molecule has 0 saturated heterocycles. The Morgan fingerprint density at radius 3 is 2.21 bits per heavy atom. The van der Waals surface area contributed by atoms with Crippen LogP contribution in [0.1, 0.15) is 5.56 Å². The van der Waals surface area contributed by atoms with E-state index in [9.17, 15) is 29.8 Å². The van der Waals surface area contributed by atoms with Crippen LogP contribution in [0.25, 0.3) is 6.08 Å². The first kappa shape index (κ1) is 20.5. The predicted octanol–water partition coefficient (Wildman–Crippen LogP) is 2.26. The maximum atomic E-state index is 12.0. The van der Waals surface area contributed by atoms with Crippen LogP contribution in [0.4, 0.5) is 21.9 Å². The Morgan fingerprint density at radius 2 is 1.62 bits per heavy atom. The first-order valence-electron chi connectivity index (χ1n) is 7.78. The highest BCUT2D eigenvalue weighted by molar-refractivity contribution is 6.03. The summed E-state index contributed by atoms with van der Waals surface area (Å²) in [5.74, 6) is -0.946. The van der Waals surface area contributed by atoms with E-state index in [4.69, 9.17) is 5.26 Å². The maximum absolute atomic E-state index is 12.0. The van der Waals surface area contributed by atoms with Crippen LogP contribution in [-0.4, -0.2) is 21.8 Å². The number of carbonyl (C=O) groups is 2. The third-order valence-corrected chi connectivity index (χ3v) is 3.38. The molecule has 0 aliphatic carbocycles. The van der Waals surface area contributed by atoms with E-state index in [2.05, 4.69) is 5.32 Å². The highest BCUT2D eigenvalue weighted by Gasteiger charge is 2.12. The minimum absolute atomic E-state index is 0.158. The fourth-order valence-electron chi connectivity index (χ4n) is 2.05. The van der Waals surface area contributed by atoms with Crippen molar-refractivity contribution < 1.29 is 19.4 Å². The van der Waals surface area contributed by atoms with Gasteiger partial charge in [-0.05, 0) is 23.8 Å². The van der Waals surface area contributed by atoms with Gasteiger partial charge in [-0.3, -0.25) is 30.4 Å². The van der Waals surface area contributed by atoms with Crippen molar-refractivity contribution >= 4 is 35.1 Å². The summed E-state index contributed by atoms with van der Waals surface area (Å²) in [5.41, 5.74) is 3.73. The average Bonchev–Trinajstić information content (AvgIpc) is 2.70. The van der Waals surface area contributed by atoms with Crippen LogP contribution < -0.4 is 16.2 Å². The first-order chi connectivity index (χ1) is 13.8. The van der Waals surface area contributed by atoms with Crippen molar-refractivity contribution in [3.8, 4) is 6.07 Å². The van der Waals surface area contributed by atoms with Crippen LogP contribution in [0.15, 0.2) is 54.1 Å². The normalized spacial score (nSPS) is 10.4. The molecule has 2 aromatic carbocycles. The predicted molar refractivity (Wildman–Crippen MR) is 100 cm³/mol. The van der Waals surface area contributed by atoms with Gasteiger partial charge in [0, 0.05) is 30.0 Å². The van der Waals surface area contributed by atoms with Crippen molar-refractivity contribution in [3.63, 3.8) is 0 Å². The number of anilines is 1. The van der Waals surface area contributed by atoms with Crippen LogP contribution in [0.2, 0.25) is 0 Å². The number of nitriles is 1. The fourth-order valence-corrected chi connectivity index (χ4v) is 2.05. The number of benzene rings is 2. The summed E-state index contributed by atoms with van der Waals surface area (Å²) in [6, 6.07) is 11.0. The summed E-state index contributed by atoms with van der Waals surface area (Å²) in [6.45, 7) is 0. The molecule has 0 bridgehead atoms. The van der Waals surface area contributed by atoms with E-state index < -0.39 is 27.4 Å². The van der Waals surface area contributed by atoms with E-state index in [1.807, 2.05) is 10.9 Å². The standard InChI is InChI=1S/C17H12N6O6/c18-10-12(8-11-2-1-3-15(9-11)23(28)29)16(24)20-21-17(25)19-13-4-6-14(7-5-13)22(26)27/h1-9H,(H,20,24)(H2,19,21,25)/b12-8+. The molecule has 0 aromatic heterocycles. The Bertz CT molecular complexity index is 1040. The molecule has 0 radical (unpaired) electrons. The number of hydrazine groups is 1. The zero-order valence-corrected chi connectivity index (χ0v) is 14.5. The lowest BCUT2D eigenvalue weighted by atomic mass is 10.1. The van der Waals surface area contributed by atoms with E-state index in [1.165, 1.54) is 48.5 Å². The Labute approximate surface area is 162 Å². The molecule has 146 valence electrons. The molecular formula is C17H12N6O6. The molecule has 0 fully saturated rings. The van der Waals surface area contributed by atoms with Crippen molar-refractivity contribution in [3.05, 3.63) is 79.9 Å². The Morgan fingerprint density at radius 1 is 0.966 bits per heavy atom. The molecule has 3 amide bonds. The molecule has 0 spiro atoms. The third-order valence-electron chi connectivity index (χ3n) is 3.38. The summed E-state index contributed by atoms with van der Waals surface area (Å²) >= 11 is 0. The van der Waals surface area contributed by atoms with Gasteiger partial charge < -0.3 is 5.32 Å². The largest absolute Gasteiger partial charge is 0.337 e. The van der Waals surface area contributed by atoms with Crippen LogP contribution >= 0.6 is 0 Å². The number of amides is 3. The molecule has 0 atom stereocenters. The van der Waals surface area contributed by atoms with Gasteiger partial charge in [0.15, 0.2) is 0 Å². The second-order valence-corrected chi connectivity index (χ2v) is 5.36. The number of hydrogen-bond acceptors (Lipinski definition) is 7. The summed E-state index contributed by atoms with van der Waals surface area (Å²) in [5, 5.41) is 32.8. The van der Waals surface area contributed by atoms with Gasteiger partial charge in [-0.2, -0.15) is 5.26 Å². The van der Waals surface area contributed by atoms with Crippen LogP contribution in [-0.2, 0) is 4.79 Å². The monoisotopic (exact) mass is 396 g/mol. The van der Waals surface area contributed by atoms with Crippen molar-refractivity contribution in [2.24, 2.45) is 0 Å². The van der Waals surface area contributed by atoms with E-state index in [1.54, 1.807) is 6.07 Å². The molecule has 2 rings (SSSR count). The maximum Gasteiger partial charge on any atom is 0.337 e. The van der Waals surface area contributed by atoms with Gasteiger partial charge >= 0.3 is 6.03 Å². The van der Waals surface area contributed by atoms with Crippen LogP contribution in [0.3, 0.4) is 0 Å². The fraction of sp³-hybridized carbons (Fsp3) is 0. The summed E-state index contributed by atoms with van der Waals surface area (Å²) < 4.78 is 0. The minimum Gasteiger partial charge on any atom is -0.307 e. The zero-order chi connectivity index (χ0) is 21.4. The number of carbonyl (C=O) groups excluding carboxylic acids is 2. The van der Waals surface area contributed by atoms with Gasteiger partial charge in [0.2, 0.25) is 0 Å². The first-order valence-corrected chi connectivity index (χ1v) is 7.78. The van der Waals surface area contributed by atoms with E-state index in [-0.39, 0.29) is 22.6 Å². The molecule has 29 heavy (non-hydrogen) atoms. The zero-order valence-electron chi connectivity index (χ0n) is 14.5. The molecule has 0 saturated carbocycles. The van der Waals surface area contributed by atoms with Gasteiger partial charge in [0.05, 0.1) is 9.85 Å². The number of nitro groups is 2. The number of urea groups is 1. The van der Waals surface area contributed by atoms with Gasteiger partial charge in [-0.25, -0.2) is 10.2 Å². The van der Waals surface area contributed by atoms with Crippen molar-refractivity contribution in [1.82, 2.24) is 10.9 Å². The molecule has 0 unspecified atom stereocenters. The van der Waals surface area contributed by atoms with Crippen molar-refractivity contribution in [1.29, 1.82) is 5.26 Å². The number of hydrogen-bond donors (Lipinski definition) is 3. The summed E-state index contributed by atoms with van der Waals surface area (Å²) in [4.78, 5) is 43.9. The van der Waals surface area contributed by atoms with Crippen LogP contribution in [0.5, 0.6) is 0 Å². The van der Waals surface area contributed by atoms with Crippen molar-refractivity contribution in [2.75, 3.05) is 5.32 Å². The van der Waals surface area contributed by atoms with Gasteiger partial charge in [0.25, 0.3) is 17.3 Å². The number of nitro benzene ring substituents is 2. The minimum atomic E-state index is -0.946. The third kappa shape index (κ3) is 5.86. The number of rotatable bonds is 5. The number of nitrogens with zero attached hydrogens (tertiary/aromatic N) is 3. The van der Waals surface area contributed by atoms with Gasteiger partial charge in [-0.15, -0.1) is 0 Å². The van der Waals surface area contributed by atoms with Gasteiger partial charge in [0.1, 0.15) is 11.6 Å². The topological polar surface area (TPSA) is 180 Å². The molecule has 0 heterocycles. The molecular weight excluding hydrogens is 384 g/mol. The molecule has 0 aliphatic rings.